The number of carbonyl (C=O) groups is 1. The summed E-state index contributed by atoms with van der Waals surface area (Å²) in [6.07, 6.45) is 4.19. The van der Waals surface area contributed by atoms with Gasteiger partial charge in [0.25, 0.3) is 10.0 Å². The van der Waals surface area contributed by atoms with Crippen molar-refractivity contribution < 1.29 is 13.2 Å². The quantitative estimate of drug-likeness (QED) is 0.847. The molecule has 3 rings (SSSR count). The van der Waals surface area contributed by atoms with Crippen molar-refractivity contribution in [3.63, 3.8) is 0 Å². The van der Waals surface area contributed by atoms with E-state index < -0.39 is 10.0 Å². The van der Waals surface area contributed by atoms with Crippen LogP contribution in [0.2, 0.25) is 0 Å². The van der Waals surface area contributed by atoms with Gasteiger partial charge in [0.2, 0.25) is 5.91 Å². The molecule has 2 aliphatic rings. The molecular weight excluding hydrogens is 346 g/mol. The Kier molecular flexibility index (Phi) is 5.59. The zero-order valence-electron chi connectivity index (χ0n) is 14.0. The minimum atomic E-state index is -3.40. The van der Waals surface area contributed by atoms with E-state index in [-0.39, 0.29) is 18.4 Å². The van der Waals surface area contributed by atoms with Crippen LogP contribution in [0.1, 0.15) is 30.6 Å². The fourth-order valence-corrected chi connectivity index (χ4v) is 6.29. The fourth-order valence-electron chi connectivity index (χ4n) is 3.27. The standard InChI is InChI=1S/C16H25N3O3S2/c1-18(13-7-8-17-12-13)15(20)11-14-5-6-16(23-14)24(21,22)19-9-3-2-4-10-19/h5-6,13,17H,2-4,7-12H2,1H3. The van der Waals surface area contributed by atoms with E-state index in [4.69, 9.17) is 0 Å². The van der Waals surface area contributed by atoms with Crippen LogP contribution in [0.4, 0.5) is 0 Å². The number of likely N-dealkylation sites (N-methyl/N-ethyl adjacent to an activating group) is 1. The maximum atomic E-state index is 12.7. The van der Waals surface area contributed by atoms with E-state index >= 15 is 0 Å². The van der Waals surface area contributed by atoms with E-state index in [0.29, 0.717) is 17.3 Å². The molecule has 1 amide bonds. The first-order chi connectivity index (χ1) is 11.5. The maximum absolute atomic E-state index is 12.7. The molecule has 1 unspecified atom stereocenters. The van der Waals surface area contributed by atoms with Crippen LogP contribution in [0.5, 0.6) is 0 Å². The van der Waals surface area contributed by atoms with Crippen LogP contribution >= 0.6 is 11.3 Å². The van der Waals surface area contributed by atoms with Crippen LogP contribution in [0.25, 0.3) is 0 Å². The van der Waals surface area contributed by atoms with Crippen molar-refractivity contribution in [1.29, 1.82) is 0 Å². The molecule has 0 radical (unpaired) electrons. The Hall–Kier alpha value is -0.960. The van der Waals surface area contributed by atoms with Crippen molar-refractivity contribution in [2.45, 2.75) is 42.4 Å². The predicted molar refractivity (Wildman–Crippen MR) is 94.7 cm³/mol. The zero-order valence-corrected chi connectivity index (χ0v) is 15.7. The van der Waals surface area contributed by atoms with Gasteiger partial charge in [-0.3, -0.25) is 4.79 Å². The van der Waals surface area contributed by atoms with E-state index in [1.165, 1.54) is 11.3 Å². The summed E-state index contributed by atoms with van der Waals surface area (Å²) >= 11 is 1.23. The van der Waals surface area contributed by atoms with Crippen LogP contribution in [-0.2, 0) is 21.2 Å². The fraction of sp³-hybridized carbons (Fsp3) is 0.688. The van der Waals surface area contributed by atoms with E-state index in [2.05, 4.69) is 5.32 Å². The molecular formula is C16H25N3O3S2. The van der Waals surface area contributed by atoms with E-state index in [9.17, 15) is 13.2 Å². The van der Waals surface area contributed by atoms with Crippen molar-refractivity contribution in [2.75, 3.05) is 33.2 Å². The summed E-state index contributed by atoms with van der Waals surface area (Å²) in [6.45, 7) is 2.98. The molecule has 0 saturated carbocycles. The molecule has 0 bridgehead atoms. The van der Waals surface area contributed by atoms with Gasteiger partial charge in [0.1, 0.15) is 4.21 Å². The van der Waals surface area contributed by atoms with Gasteiger partial charge in [0.05, 0.1) is 6.42 Å². The molecule has 8 heteroatoms. The van der Waals surface area contributed by atoms with Gasteiger partial charge in [-0.25, -0.2) is 8.42 Å². The highest BCUT2D eigenvalue weighted by atomic mass is 32.2. The molecule has 0 spiro atoms. The predicted octanol–water partition coefficient (Wildman–Crippen LogP) is 1.29. The van der Waals surface area contributed by atoms with Gasteiger partial charge in [0.15, 0.2) is 0 Å². The first-order valence-corrected chi connectivity index (χ1v) is 10.8. The molecule has 134 valence electrons. The lowest BCUT2D eigenvalue weighted by molar-refractivity contribution is -0.130. The van der Waals surface area contributed by atoms with Crippen LogP contribution in [-0.4, -0.2) is 62.8 Å². The second-order valence-corrected chi connectivity index (χ2v) is 9.85. The summed E-state index contributed by atoms with van der Waals surface area (Å²) in [6, 6.07) is 3.67. The van der Waals surface area contributed by atoms with Crippen molar-refractivity contribution in [2.24, 2.45) is 0 Å². The number of nitrogens with zero attached hydrogens (tertiary/aromatic N) is 2. The van der Waals surface area contributed by atoms with Gasteiger partial charge in [-0.1, -0.05) is 6.42 Å². The Morgan fingerprint density at radius 2 is 2.08 bits per heavy atom. The van der Waals surface area contributed by atoms with Gasteiger partial charge in [-0.15, -0.1) is 11.3 Å². The highest BCUT2D eigenvalue weighted by Crippen LogP contribution is 2.27. The monoisotopic (exact) mass is 371 g/mol. The third-order valence-electron chi connectivity index (χ3n) is 4.85. The van der Waals surface area contributed by atoms with E-state index in [0.717, 1.165) is 43.6 Å². The van der Waals surface area contributed by atoms with Gasteiger partial charge in [0, 0.05) is 37.6 Å². The molecule has 1 N–H and O–H groups in total. The van der Waals surface area contributed by atoms with Gasteiger partial charge in [-0.05, 0) is 37.9 Å². The molecule has 2 saturated heterocycles. The number of hydrogen-bond acceptors (Lipinski definition) is 5. The number of nitrogens with one attached hydrogen (secondary N) is 1. The molecule has 24 heavy (non-hydrogen) atoms. The first kappa shape index (κ1) is 17.8. The highest BCUT2D eigenvalue weighted by Gasteiger charge is 2.28. The van der Waals surface area contributed by atoms with Crippen molar-refractivity contribution in [3.05, 3.63) is 17.0 Å². The van der Waals surface area contributed by atoms with Gasteiger partial charge >= 0.3 is 0 Å². The van der Waals surface area contributed by atoms with Crippen molar-refractivity contribution in [3.8, 4) is 0 Å². The normalized spacial score (nSPS) is 22.6. The number of hydrogen-bond donors (Lipinski definition) is 1. The smallest absolute Gasteiger partial charge is 0.252 e. The molecule has 1 aromatic heterocycles. The molecule has 3 heterocycles. The Labute approximate surface area is 147 Å². The number of amides is 1. The Balaban J connectivity index is 1.65. The molecule has 0 aromatic carbocycles. The summed E-state index contributed by atoms with van der Waals surface area (Å²) < 4.78 is 27.3. The molecule has 2 fully saturated rings. The summed E-state index contributed by atoms with van der Waals surface area (Å²) in [5.41, 5.74) is 0. The molecule has 1 atom stereocenters. The first-order valence-electron chi connectivity index (χ1n) is 8.54. The summed E-state index contributed by atoms with van der Waals surface area (Å²) in [7, 11) is -1.56. The average Bonchev–Trinajstić information content (AvgIpc) is 3.27. The summed E-state index contributed by atoms with van der Waals surface area (Å²) in [5.74, 6) is 0.0486. The molecule has 0 aliphatic carbocycles. The highest BCUT2D eigenvalue weighted by molar-refractivity contribution is 7.91. The van der Waals surface area contributed by atoms with E-state index in [1.807, 2.05) is 7.05 Å². The van der Waals surface area contributed by atoms with E-state index in [1.54, 1.807) is 21.3 Å². The van der Waals surface area contributed by atoms with Crippen LogP contribution in [0.15, 0.2) is 16.3 Å². The van der Waals surface area contributed by atoms with Crippen LogP contribution < -0.4 is 5.32 Å². The summed E-state index contributed by atoms with van der Waals surface area (Å²) in [4.78, 5) is 15.0. The minimum absolute atomic E-state index is 0.0486. The van der Waals surface area contributed by atoms with Crippen LogP contribution in [0, 0.1) is 0 Å². The number of sulfonamides is 1. The molecule has 1 aromatic rings. The Morgan fingerprint density at radius 1 is 1.33 bits per heavy atom. The second-order valence-electron chi connectivity index (χ2n) is 6.51. The SMILES string of the molecule is CN(C(=O)Cc1ccc(S(=O)(=O)N2CCCCC2)s1)C1CCNC1. The Bertz CT molecular complexity index is 674. The minimum Gasteiger partial charge on any atom is -0.341 e. The maximum Gasteiger partial charge on any atom is 0.252 e. The van der Waals surface area contributed by atoms with Gasteiger partial charge < -0.3 is 10.2 Å². The average molecular weight is 372 g/mol. The molecule has 2 aliphatic heterocycles. The number of carbonyl (C=O) groups excluding carboxylic acids is 1. The topological polar surface area (TPSA) is 69.7 Å². The van der Waals surface area contributed by atoms with Gasteiger partial charge in [-0.2, -0.15) is 4.31 Å². The number of thiophene rings is 1. The number of piperidine rings is 1. The third kappa shape index (κ3) is 3.82. The van der Waals surface area contributed by atoms with Crippen LogP contribution in [0.3, 0.4) is 0 Å². The lowest BCUT2D eigenvalue weighted by Crippen LogP contribution is -2.39. The largest absolute Gasteiger partial charge is 0.341 e. The van der Waals surface area contributed by atoms with Crippen molar-refractivity contribution >= 4 is 27.3 Å². The second kappa shape index (κ2) is 7.51. The zero-order chi connectivity index (χ0) is 17.2. The Morgan fingerprint density at radius 3 is 2.75 bits per heavy atom. The summed E-state index contributed by atoms with van der Waals surface area (Å²) in [5, 5.41) is 3.26. The number of rotatable bonds is 5. The molecule has 6 nitrogen and oxygen atoms in total. The lowest BCUT2D eigenvalue weighted by atomic mass is 10.2. The lowest BCUT2D eigenvalue weighted by Gasteiger charge is -2.25. The van der Waals surface area contributed by atoms with Crippen molar-refractivity contribution in [1.82, 2.24) is 14.5 Å². The third-order valence-corrected chi connectivity index (χ3v) is 8.30.